The Hall–Kier alpha value is -1.16. The molecule has 0 radical (unpaired) electrons. The van der Waals surface area contributed by atoms with Crippen molar-refractivity contribution >= 4 is 35.8 Å². The Labute approximate surface area is 150 Å². The van der Waals surface area contributed by atoms with Crippen molar-refractivity contribution < 1.29 is 14.3 Å². The number of carbonyl (C=O) groups excluding carboxylic acids is 2. The lowest BCUT2D eigenvalue weighted by molar-refractivity contribution is -0.151. The first-order valence-electron chi connectivity index (χ1n) is 7.94. The number of unbranched alkanes of at least 4 members (excludes halogenated alkanes) is 1. The fraction of sp³-hybridized carbons (Fsp3) is 0.857. The van der Waals surface area contributed by atoms with E-state index in [2.05, 4.69) is 9.16 Å². The van der Waals surface area contributed by atoms with Gasteiger partial charge in [-0.3, -0.25) is 4.79 Å². The molecule has 2 atom stereocenters. The zero-order valence-electron chi connectivity index (χ0n) is 13.7. The standard InChI is InChI=1S/C14H23N3O5S2/c1-22-14(19)12-6-4-9-17(12)13(18)7-3-2-5-11(24-16-21)8-10-23-15-20/h11-12H,2-10H2,1H3. The van der Waals surface area contributed by atoms with Crippen molar-refractivity contribution in [2.24, 2.45) is 9.16 Å². The third-order valence-electron chi connectivity index (χ3n) is 3.99. The van der Waals surface area contributed by atoms with Crippen LogP contribution in [0.2, 0.25) is 0 Å². The molecule has 0 saturated carbocycles. The molecule has 10 heteroatoms. The van der Waals surface area contributed by atoms with Crippen molar-refractivity contribution in [2.75, 3.05) is 19.4 Å². The maximum atomic E-state index is 12.3. The quantitative estimate of drug-likeness (QED) is 0.222. The van der Waals surface area contributed by atoms with Gasteiger partial charge >= 0.3 is 5.97 Å². The molecule has 136 valence electrons. The van der Waals surface area contributed by atoms with Crippen molar-refractivity contribution in [3.05, 3.63) is 9.81 Å². The zero-order chi connectivity index (χ0) is 17.8. The molecule has 0 aromatic carbocycles. The predicted molar refractivity (Wildman–Crippen MR) is 95.3 cm³/mol. The Bertz CT molecular complexity index is 439. The number of methoxy groups -OCH3 is 1. The molecule has 0 aromatic heterocycles. The van der Waals surface area contributed by atoms with Gasteiger partial charge < -0.3 is 9.64 Å². The van der Waals surface area contributed by atoms with Crippen LogP contribution in [0, 0.1) is 9.81 Å². The summed E-state index contributed by atoms with van der Waals surface area (Å²) in [6.07, 6.45) is 4.76. The predicted octanol–water partition coefficient (Wildman–Crippen LogP) is 3.30. The van der Waals surface area contributed by atoms with Gasteiger partial charge in [0.2, 0.25) is 5.91 Å². The molecular weight excluding hydrogens is 354 g/mol. The monoisotopic (exact) mass is 377 g/mol. The summed E-state index contributed by atoms with van der Waals surface area (Å²) in [4.78, 5) is 46.0. The van der Waals surface area contributed by atoms with Crippen LogP contribution < -0.4 is 0 Å². The molecule has 0 N–H and O–H groups in total. The number of hydrogen-bond acceptors (Lipinski definition) is 9. The summed E-state index contributed by atoms with van der Waals surface area (Å²) in [7, 11) is 1.33. The zero-order valence-corrected chi connectivity index (χ0v) is 15.4. The summed E-state index contributed by atoms with van der Waals surface area (Å²) in [5, 5.41) is 0.0430. The lowest BCUT2D eigenvalue weighted by atomic mass is 10.1. The number of nitrogens with zero attached hydrogens (tertiary/aromatic N) is 3. The largest absolute Gasteiger partial charge is 0.467 e. The van der Waals surface area contributed by atoms with E-state index < -0.39 is 6.04 Å². The molecule has 1 rings (SSSR count). The first-order chi connectivity index (χ1) is 11.6. The number of hydrogen-bond donors (Lipinski definition) is 0. The number of rotatable bonds is 12. The van der Waals surface area contributed by atoms with Crippen molar-refractivity contribution in [1.82, 2.24) is 4.90 Å². The highest BCUT2D eigenvalue weighted by atomic mass is 32.2. The Kier molecular flexibility index (Phi) is 10.6. The first kappa shape index (κ1) is 20.9. The third-order valence-corrected chi connectivity index (χ3v) is 5.37. The Morgan fingerprint density at radius 3 is 2.71 bits per heavy atom. The number of amides is 1. The van der Waals surface area contributed by atoms with E-state index in [-0.39, 0.29) is 17.1 Å². The smallest absolute Gasteiger partial charge is 0.328 e. The van der Waals surface area contributed by atoms with Gasteiger partial charge in [0, 0.05) is 57.0 Å². The van der Waals surface area contributed by atoms with E-state index in [1.54, 1.807) is 4.90 Å². The minimum absolute atomic E-state index is 0.0266. The number of nitroso groups, excluding NO2 is 2. The van der Waals surface area contributed by atoms with Crippen LogP contribution in [0.3, 0.4) is 0 Å². The maximum Gasteiger partial charge on any atom is 0.328 e. The van der Waals surface area contributed by atoms with Crippen molar-refractivity contribution in [3.8, 4) is 0 Å². The highest BCUT2D eigenvalue weighted by Crippen LogP contribution is 2.25. The Balaban J connectivity index is 2.29. The van der Waals surface area contributed by atoms with Gasteiger partial charge in [-0.1, -0.05) is 6.42 Å². The summed E-state index contributed by atoms with van der Waals surface area (Å²) in [5.41, 5.74) is 0. The summed E-state index contributed by atoms with van der Waals surface area (Å²) >= 11 is 1.91. The highest BCUT2D eigenvalue weighted by molar-refractivity contribution is 7.99. The molecule has 1 saturated heterocycles. The second-order valence-electron chi connectivity index (χ2n) is 5.51. The summed E-state index contributed by atoms with van der Waals surface area (Å²) in [6, 6.07) is -0.446. The first-order valence-corrected chi connectivity index (χ1v) is 9.72. The van der Waals surface area contributed by atoms with E-state index >= 15 is 0 Å². The maximum absolute atomic E-state index is 12.3. The topological polar surface area (TPSA) is 105 Å². The average molecular weight is 377 g/mol. The van der Waals surface area contributed by atoms with E-state index in [1.807, 2.05) is 0 Å². The molecule has 1 fully saturated rings. The summed E-state index contributed by atoms with van der Waals surface area (Å²) in [6.45, 7) is 0.599. The highest BCUT2D eigenvalue weighted by Gasteiger charge is 2.34. The van der Waals surface area contributed by atoms with Crippen molar-refractivity contribution in [2.45, 2.75) is 56.2 Å². The molecule has 8 nitrogen and oxygen atoms in total. The second kappa shape index (κ2) is 12.2. The van der Waals surface area contributed by atoms with Gasteiger partial charge in [-0.15, -0.1) is 9.81 Å². The minimum Gasteiger partial charge on any atom is -0.467 e. The van der Waals surface area contributed by atoms with Gasteiger partial charge in [0.05, 0.1) is 7.11 Å². The van der Waals surface area contributed by atoms with Gasteiger partial charge in [0.15, 0.2) is 0 Å². The van der Waals surface area contributed by atoms with Crippen LogP contribution in [0.5, 0.6) is 0 Å². The van der Waals surface area contributed by atoms with E-state index in [0.717, 1.165) is 43.2 Å². The van der Waals surface area contributed by atoms with E-state index in [9.17, 15) is 19.4 Å². The number of esters is 1. The van der Waals surface area contributed by atoms with Crippen LogP contribution in [-0.2, 0) is 14.3 Å². The van der Waals surface area contributed by atoms with Gasteiger partial charge in [0.1, 0.15) is 6.04 Å². The number of ether oxygens (including phenoxy) is 1. The second-order valence-corrected chi connectivity index (χ2v) is 7.35. The lowest BCUT2D eigenvalue weighted by Crippen LogP contribution is -2.40. The molecule has 0 spiro atoms. The fourth-order valence-electron chi connectivity index (χ4n) is 2.77. The van der Waals surface area contributed by atoms with Crippen LogP contribution in [0.4, 0.5) is 0 Å². The number of likely N-dealkylation sites (tertiary alicyclic amines) is 1. The van der Waals surface area contributed by atoms with Gasteiger partial charge in [-0.2, -0.15) is 0 Å². The van der Waals surface area contributed by atoms with Crippen LogP contribution >= 0.6 is 23.9 Å². The molecular formula is C14H23N3O5S2. The molecule has 24 heavy (non-hydrogen) atoms. The Morgan fingerprint density at radius 1 is 1.25 bits per heavy atom. The third kappa shape index (κ3) is 7.16. The summed E-state index contributed by atoms with van der Waals surface area (Å²) in [5.74, 6) is 0.182. The van der Waals surface area contributed by atoms with E-state index in [0.29, 0.717) is 38.0 Å². The van der Waals surface area contributed by atoms with Gasteiger partial charge in [-0.05, 0) is 32.1 Å². The number of carbonyl (C=O) groups is 2. The minimum atomic E-state index is -0.446. The van der Waals surface area contributed by atoms with Gasteiger partial charge in [-0.25, -0.2) is 4.79 Å². The van der Waals surface area contributed by atoms with Crippen LogP contribution in [0.15, 0.2) is 9.16 Å². The van der Waals surface area contributed by atoms with Crippen LogP contribution in [0.1, 0.15) is 44.9 Å². The molecule has 1 aliphatic heterocycles. The van der Waals surface area contributed by atoms with Crippen LogP contribution in [0.25, 0.3) is 0 Å². The fourth-order valence-corrected chi connectivity index (χ4v) is 4.00. The molecule has 1 heterocycles. The Morgan fingerprint density at radius 2 is 2.04 bits per heavy atom. The van der Waals surface area contributed by atoms with Crippen molar-refractivity contribution in [1.29, 1.82) is 0 Å². The van der Waals surface area contributed by atoms with Crippen molar-refractivity contribution in [3.63, 3.8) is 0 Å². The molecule has 0 aliphatic carbocycles. The molecule has 1 aliphatic rings. The van der Waals surface area contributed by atoms with Crippen LogP contribution in [-0.4, -0.2) is 47.5 Å². The normalized spacial score (nSPS) is 18.2. The molecule has 0 aromatic rings. The molecule has 2 unspecified atom stereocenters. The SMILES string of the molecule is COC(=O)C1CCCN1C(=O)CCCCC(CCSN=O)SN=O. The van der Waals surface area contributed by atoms with E-state index in [1.165, 1.54) is 7.11 Å². The molecule has 1 amide bonds. The molecule has 0 bridgehead atoms. The lowest BCUT2D eigenvalue weighted by Gasteiger charge is -2.22. The summed E-state index contributed by atoms with van der Waals surface area (Å²) < 4.78 is 10.3. The van der Waals surface area contributed by atoms with Gasteiger partial charge in [0.25, 0.3) is 0 Å². The van der Waals surface area contributed by atoms with E-state index in [4.69, 9.17) is 4.74 Å². The average Bonchev–Trinajstić information content (AvgIpc) is 3.07.